The van der Waals surface area contributed by atoms with Crippen LogP contribution < -0.4 is 9.47 Å². The van der Waals surface area contributed by atoms with E-state index in [9.17, 15) is 0 Å². The number of rotatable bonds is 6. The SMILES string of the molecule is CC(C)(C1=CCC(Oc2ccccc2)C=C1)c1ccc(Oc2ccccc2)cc1. The van der Waals surface area contributed by atoms with Gasteiger partial charge in [0.25, 0.3) is 0 Å². The normalized spacial score (nSPS) is 16.2. The Morgan fingerprint density at radius 2 is 1.31 bits per heavy atom. The van der Waals surface area contributed by atoms with Crippen molar-refractivity contribution in [2.45, 2.75) is 31.8 Å². The molecule has 1 atom stereocenters. The Morgan fingerprint density at radius 3 is 1.90 bits per heavy atom. The fourth-order valence-corrected chi connectivity index (χ4v) is 3.56. The molecular formula is C27H26O2. The molecule has 0 bridgehead atoms. The summed E-state index contributed by atoms with van der Waals surface area (Å²) in [5.74, 6) is 2.61. The zero-order chi connectivity index (χ0) is 20.1. The summed E-state index contributed by atoms with van der Waals surface area (Å²) in [7, 11) is 0. The van der Waals surface area contributed by atoms with Crippen LogP contribution in [0.4, 0.5) is 0 Å². The second-order valence-corrected chi connectivity index (χ2v) is 7.79. The average molecular weight is 383 g/mol. The van der Waals surface area contributed by atoms with Gasteiger partial charge in [-0.15, -0.1) is 0 Å². The smallest absolute Gasteiger partial charge is 0.127 e. The lowest BCUT2D eigenvalue weighted by Gasteiger charge is -2.30. The Labute approximate surface area is 173 Å². The summed E-state index contributed by atoms with van der Waals surface area (Å²) in [6.07, 6.45) is 7.61. The molecule has 0 N–H and O–H groups in total. The zero-order valence-corrected chi connectivity index (χ0v) is 16.9. The molecule has 0 saturated carbocycles. The highest BCUT2D eigenvalue weighted by atomic mass is 16.5. The molecule has 1 aliphatic carbocycles. The Kier molecular flexibility index (Phi) is 5.53. The van der Waals surface area contributed by atoms with E-state index in [0.29, 0.717) is 0 Å². The van der Waals surface area contributed by atoms with Gasteiger partial charge < -0.3 is 9.47 Å². The summed E-state index contributed by atoms with van der Waals surface area (Å²) < 4.78 is 12.0. The van der Waals surface area contributed by atoms with Crippen molar-refractivity contribution in [3.05, 3.63) is 114 Å². The van der Waals surface area contributed by atoms with E-state index in [1.807, 2.05) is 72.8 Å². The molecule has 3 aromatic carbocycles. The van der Waals surface area contributed by atoms with Crippen molar-refractivity contribution >= 4 is 0 Å². The third-order valence-corrected chi connectivity index (χ3v) is 5.37. The van der Waals surface area contributed by atoms with Gasteiger partial charge >= 0.3 is 0 Å². The molecule has 0 saturated heterocycles. The van der Waals surface area contributed by atoms with E-state index < -0.39 is 0 Å². The van der Waals surface area contributed by atoms with E-state index in [2.05, 4.69) is 44.2 Å². The number of allylic oxidation sites excluding steroid dienone is 2. The first-order chi connectivity index (χ1) is 14.1. The van der Waals surface area contributed by atoms with E-state index >= 15 is 0 Å². The minimum Gasteiger partial charge on any atom is -0.486 e. The number of para-hydroxylation sites is 2. The standard InChI is InChI=1S/C27H26O2/c1-27(2,21-13-17-25(18-14-21)28-23-9-5-3-6-10-23)22-15-19-26(20-16-22)29-24-11-7-4-8-12-24/h3-19,26H,20H2,1-2H3. The van der Waals surface area contributed by atoms with Crippen LogP contribution in [0.15, 0.2) is 109 Å². The predicted octanol–water partition coefficient (Wildman–Crippen LogP) is 7.09. The number of benzene rings is 3. The molecule has 0 fully saturated rings. The highest BCUT2D eigenvalue weighted by Crippen LogP contribution is 2.36. The van der Waals surface area contributed by atoms with Crippen LogP contribution in [0.25, 0.3) is 0 Å². The summed E-state index contributed by atoms with van der Waals surface area (Å²) >= 11 is 0. The van der Waals surface area contributed by atoms with Gasteiger partial charge in [0.2, 0.25) is 0 Å². The van der Waals surface area contributed by atoms with E-state index in [-0.39, 0.29) is 11.5 Å². The van der Waals surface area contributed by atoms with Gasteiger partial charge in [-0.05, 0) is 53.6 Å². The Balaban J connectivity index is 1.42. The second-order valence-electron chi connectivity index (χ2n) is 7.79. The van der Waals surface area contributed by atoms with Crippen LogP contribution in [0.5, 0.6) is 17.2 Å². The molecule has 0 spiro atoms. The summed E-state index contributed by atoms with van der Waals surface area (Å²) in [4.78, 5) is 0. The van der Waals surface area contributed by atoms with Gasteiger partial charge in [0.1, 0.15) is 23.4 Å². The van der Waals surface area contributed by atoms with Gasteiger partial charge in [0.05, 0.1) is 0 Å². The molecule has 1 unspecified atom stereocenters. The first-order valence-electron chi connectivity index (χ1n) is 10.1. The summed E-state index contributed by atoms with van der Waals surface area (Å²) in [5, 5.41) is 0. The van der Waals surface area contributed by atoms with E-state index in [0.717, 1.165) is 23.7 Å². The topological polar surface area (TPSA) is 18.5 Å². The Morgan fingerprint density at radius 1 is 0.724 bits per heavy atom. The molecule has 2 heteroatoms. The van der Waals surface area contributed by atoms with Crippen molar-refractivity contribution in [3.63, 3.8) is 0 Å². The maximum atomic E-state index is 6.05. The monoisotopic (exact) mass is 382 g/mol. The van der Waals surface area contributed by atoms with Crippen LogP contribution in [0.1, 0.15) is 25.8 Å². The minimum atomic E-state index is -0.0838. The number of hydrogen-bond acceptors (Lipinski definition) is 2. The minimum absolute atomic E-state index is 0.0820. The molecule has 0 amide bonds. The molecule has 0 radical (unpaired) electrons. The van der Waals surface area contributed by atoms with Crippen LogP contribution in [0, 0.1) is 0 Å². The van der Waals surface area contributed by atoms with E-state index in [1.54, 1.807) is 0 Å². The number of hydrogen-bond donors (Lipinski definition) is 0. The van der Waals surface area contributed by atoms with Gasteiger partial charge in [-0.2, -0.15) is 0 Å². The Bertz CT molecular complexity index is 984. The van der Waals surface area contributed by atoms with Gasteiger partial charge in [0.15, 0.2) is 0 Å². The van der Waals surface area contributed by atoms with Crippen molar-refractivity contribution in [2.75, 3.05) is 0 Å². The van der Waals surface area contributed by atoms with Crippen LogP contribution in [-0.4, -0.2) is 6.10 Å². The molecule has 0 heterocycles. The maximum Gasteiger partial charge on any atom is 0.127 e. The molecule has 2 nitrogen and oxygen atoms in total. The molecule has 1 aliphatic rings. The quantitative estimate of drug-likeness (QED) is 0.453. The molecular weight excluding hydrogens is 356 g/mol. The van der Waals surface area contributed by atoms with E-state index in [1.165, 1.54) is 11.1 Å². The fourth-order valence-electron chi connectivity index (χ4n) is 3.56. The summed E-state index contributed by atoms with van der Waals surface area (Å²) in [6.45, 7) is 4.52. The fraction of sp³-hybridized carbons (Fsp3) is 0.185. The maximum absolute atomic E-state index is 6.05. The van der Waals surface area contributed by atoms with Crippen molar-refractivity contribution in [1.29, 1.82) is 0 Å². The van der Waals surface area contributed by atoms with Crippen molar-refractivity contribution < 1.29 is 9.47 Å². The molecule has 3 aromatic rings. The third-order valence-electron chi connectivity index (χ3n) is 5.37. The zero-order valence-electron chi connectivity index (χ0n) is 16.9. The first kappa shape index (κ1) is 19.1. The van der Waals surface area contributed by atoms with Gasteiger partial charge in [-0.25, -0.2) is 0 Å². The van der Waals surface area contributed by atoms with Gasteiger partial charge in [0, 0.05) is 11.8 Å². The molecule has 4 rings (SSSR count). The van der Waals surface area contributed by atoms with Crippen LogP contribution in [0.2, 0.25) is 0 Å². The van der Waals surface area contributed by atoms with E-state index in [4.69, 9.17) is 9.47 Å². The van der Waals surface area contributed by atoms with Crippen LogP contribution in [0.3, 0.4) is 0 Å². The summed E-state index contributed by atoms with van der Waals surface area (Å²) in [5.41, 5.74) is 2.48. The van der Waals surface area contributed by atoms with Crippen molar-refractivity contribution in [2.24, 2.45) is 0 Å². The highest BCUT2D eigenvalue weighted by molar-refractivity contribution is 5.44. The average Bonchev–Trinajstić information content (AvgIpc) is 2.76. The highest BCUT2D eigenvalue weighted by Gasteiger charge is 2.26. The summed E-state index contributed by atoms with van der Waals surface area (Å²) in [6, 6.07) is 28.2. The predicted molar refractivity (Wildman–Crippen MR) is 119 cm³/mol. The molecule has 0 aromatic heterocycles. The molecule has 146 valence electrons. The molecule has 29 heavy (non-hydrogen) atoms. The van der Waals surface area contributed by atoms with Crippen molar-refractivity contribution in [1.82, 2.24) is 0 Å². The third kappa shape index (κ3) is 4.60. The first-order valence-corrected chi connectivity index (χ1v) is 10.1. The Hall–Kier alpha value is -3.26. The van der Waals surface area contributed by atoms with Gasteiger partial charge in [-0.1, -0.05) is 74.5 Å². The number of ether oxygens (including phenoxy) is 2. The molecule has 0 aliphatic heterocycles. The second kappa shape index (κ2) is 8.40. The lowest BCUT2D eigenvalue weighted by molar-refractivity contribution is 0.250. The lowest BCUT2D eigenvalue weighted by atomic mass is 9.75. The largest absolute Gasteiger partial charge is 0.486 e. The van der Waals surface area contributed by atoms with Gasteiger partial charge in [-0.3, -0.25) is 0 Å². The van der Waals surface area contributed by atoms with Crippen molar-refractivity contribution in [3.8, 4) is 17.2 Å². The van der Waals surface area contributed by atoms with Crippen LogP contribution in [-0.2, 0) is 5.41 Å². The van der Waals surface area contributed by atoms with Crippen LogP contribution >= 0.6 is 0 Å². The lowest BCUT2D eigenvalue weighted by Crippen LogP contribution is -2.23.